The Labute approximate surface area is 165 Å². The molecule has 0 N–H and O–H groups in total. The molecule has 1 saturated heterocycles. The number of carbonyl (C=O) groups excluding carboxylic acids is 1. The topological polar surface area (TPSA) is 81.5 Å². The van der Waals surface area contributed by atoms with Gasteiger partial charge in [-0.1, -0.05) is 36.4 Å². The Balaban J connectivity index is 1.79. The SMILES string of the molecule is N#Cc1ccccc1S(=O)(=O)N1Cc2ccccc2CC1C(=O)N1CCCC1. The van der Waals surface area contributed by atoms with Crippen molar-refractivity contribution in [3.8, 4) is 6.07 Å². The normalized spacial score (nSPS) is 19.8. The van der Waals surface area contributed by atoms with Crippen LogP contribution in [0, 0.1) is 11.3 Å². The predicted molar refractivity (Wildman–Crippen MR) is 104 cm³/mol. The molecule has 144 valence electrons. The van der Waals surface area contributed by atoms with Gasteiger partial charge >= 0.3 is 0 Å². The summed E-state index contributed by atoms with van der Waals surface area (Å²) < 4.78 is 28.3. The number of carbonyl (C=O) groups is 1. The molecule has 28 heavy (non-hydrogen) atoms. The van der Waals surface area contributed by atoms with Crippen molar-refractivity contribution in [2.45, 2.75) is 36.7 Å². The van der Waals surface area contributed by atoms with Crippen LogP contribution in [0.15, 0.2) is 53.4 Å². The minimum atomic E-state index is -4.01. The van der Waals surface area contributed by atoms with Crippen LogP contribution in [-0.4, -0.2) is 42.7 Å². The van der Waals surface area contributed by atoms with E-state index in [0.717, 1.165) is 24.0 Å². The molecule has 1 fully saturated rings. The van der Waals surface area contributed by atoms with Gasteiger partial charge in [0.05, 0.1) is 10.5 Å². The molecule has 2 aliphatic rings. The van der Waals surface area contributed by atoms with Crippen LogP contribution in [0.4, 0.5) is 0 Å². The predicted octanol–water partition coefficient (Wildman–Crippen LogP) is 2.30. The molecular formula is C21H21N3O3S. The van der Waals surface area contributed by atoms with Gasteiger partial charge in [-0.05, 0) is 42.5 Å². The average molecular weight is 395 g/mol. The number of sulfonamides is 1. The highest BCUT2D eigenvalue weighted by atomic mass is 32.2. The summed E-state index contributed by atoms with van der Waals surface area (Å²) in [5.41, 5.74) is 1.99. The van der Waals surface area contributed by atoms with Gasteiger partial charge in [-0.25, -0.2) is 8.42 Å². The summed E-state index contributed by atoms with van der Waals surface area (Å²) in [6.07, 6.45) is 2.23. The summed E-state index contributed by atoms with van der Waals surface area (Å²) >= 11 is 0. The monoisotopic (exact) mass is 395 g/mol. The van der Waals surface area contributed by atoms with E-state index in [4.69, 9.17) is 0 Å². The van der Waals surface area contributed by atoms with E-state index in [0.29, 0.717) is 19.5 Å². The first-order chi connectivity index (χ1) is 13.5. The molecular weight excluding hydrogens is 374 g/mol. The van der Waals surface area contributed by atoms with Gasteiger partial charge in [0.2, 0.25) is 15.9 Å². The third-order valence-electron chi connectivity index (χ3n) is 5.50. The highest BCUT2D eigenvalue weighted by molar-refractivity contribution is 7.89. The van der Waals surface area contributed by atoms with Gasteiger partial charge in [0.1, 0.15) is 12.1 Å². The molecule has 0 aliphatic carbocycles. The van der Waals surface area contributed by atoms with Gasteiger partial charge in [-0.3, -0.25) is 4.79 Å². The van der Waals surface area contributed by atoms with Gasteiger partial charge in [0.25, 0.3) is 0 Å². The van der Waals surface area contributed by atoms with Crippen molar-refractivity contribution in [1.29, 1.82) is 5.26 Å². The van der Waals surface area contributed by atoms with E-state index in [1.807, 2.05) is 30.3 Å². The summed E-state index contributed by atoms with van der Waals surface area (Å²) in [5, 5.41) is 9.38. The van der Waals surface area contributed by atoms with Gasteiger partial charge in [0.15, 0.2) is 0 Å². The van der Waals surface area contributed by atoms with Crippen molar-refractivity contribution in [3.63, 3.8) is 0 Å². The molecule has 0 radical (unpaired) electrons. The zero-order valence-electron chi connectivity index (χ0n) is 15.4. The standard InChI is InChI=1S/C21H21N3O3S/c22-14-17-8-3-4-10-20(17)28(26,27)24-15-18-9-2-1-7-16(18)13-19(24)21(25)23-11-5-6-12-23/h1-4,7-10,19H,5-6,11-13,15H2. The Morgan fingerprint density at radius 1 is 1.00 bits per heavy atom. The van der Waals surface area contributed by atoms with Crippen LogP contribution in [0.25, 0.3) is 0 Å². The highest BCUT2D eigenvalue weighted by Crippen LogP contribution is 2.31. The fourth-order valence-electron chi connectivity index (χ4n) is 4.02. The van der Waals surface area contributed by atoms with E-state index in [2.05, 4.69) is 0 Å². The first-order valence-electron chi connectivity index (χ1n) is 9.39. The Hall–Kier alpha value is -2.69. The second-order valence-corrected chi connectivity index (χ2v) is 9.04. The number of nitriles is 1. The van der Waals surface area contributed by atoms with Crippen molar-refractivity contribution in [2.24, 2.45) is 0 Å². The van der Waals surface area contributed by atoms with E-state index >= 15 is 0 Å². The lowest BCUT2D eigenvalue weighted by molar-refractivity contribution is -0.134. The molecule has 2 aliphatic heterocycles. The molecule has 1 amide bonds. The largest absolute Gasteiger partial charge is 0.341 e. The van der Waals surface area contributed by atoms with Gasteiger partial charge in [0, 0.05) is 19.6 Å². The van der Waals surface area contributed by atoms with E-state index in [1.54, 1.807) is 17.0 Å². The smallest absolute Gasteiger partial charge is 0.245 e. The zero-order valence-corrected chi connectivity index (χ0v) is 16.2. The first-order valence-corrected chi connectivity index (χ1v) is 10.8. The fourth-order valence-corrected chi connectivity index (χ4v) is 5.72. The average Bonchev–Trinajstić information content (AvgIpc) is 3.27. The molecule has 2 heterocycles. The van der Waals surface area contributed by atoms with Crippen molar-refractivity contribution >= 4 is 15.9 Å². The molecule has 0 spiro atoms. The van der Waals surface area contributed by atoms with E-state index < -0.39 is 16.1 Å². The number of likely N-dealkylation sites (tertiary alicyclic amines) is 1. The number of benzene rings is 2. The van der Waals surface area contributed by atoms with Crippen LogP contribution in [0.3, 0.4) is 0 Å². The molecule has 0 saturated carbocycles. The quantitative estimate of drug-likeness (QED) is 0.799. The van der Waals surface area contributed by atoms with E-state index in [1.165, 1.54) is 16.4 Å². The Morgan fingerprint density at radius 3 is 2.36 bits per heavy atom. The minimum absolute atomic E-state index is 0.0453. The lowest BCUT2D eigenvalue weighted by Crippen LogP contribution is -2.53. The lowest BCUT2D eigenvalue weighted by atomic mass is 9.95. The van der Waals surface area contributed by atoms with Crippen LogP contribution < -0.4 is 0 Å². The second-order valence-electron chi connectivity index (χ2n) is 7.18. The van der Waals surface area contributed by atoms with Crippen molar-refractivity contribution in [2.75, 3.05) is 13.1 Å². The van der Waals surface area contributed by atoms with Crippen molar-refractivity contribution in [3.05, 3.63) is 65.2 Å². The van der Waals surface area contributed by atoms with Gasteiger partial charge in [-0.15, -0.1) is 0 Å². The Bertz CT molecular complexity index is 1050. The molecule has 1 unspecified atom stereocenters. The van der Waals surface area contributed by atoms with E-state index in [-0.39, 0.29) is 22.9 Å². The van der Waals surface area contributed by atoms with E-state index in [9.17, 15) is 18.5 Å². The highest BCUT2D eigenvalue weighted by Gasteiger charge is 2.42. The molecule has 4 rings (SSSR count). The van der Waals surface area contributed by atoms with Crippen LogP contribution in [0.5, 0.6) is 0 Å². The lowest BCUT2D eigenvalue weighted by Gasteiger charge is -2.37. The number of fused-ring (bicyclic) bond motifs is 1. The first kappa shape index (κ1) is 18.7. The molecule has 0 aromatic heterocycles. The molecule has 2 aromatic rings. The van der Waals surface area contributed by atoms with Crippen molar-refractivity contribution < 1.29 is 13.2 Å². The number of hydrogen-bond acceptors (Lipinski definition) is 4. The Morgan fingerprint density at radius 2 is 1.64 bits per heavy atom. The number of nitrogens with zero attached hydrogens (tertiary/aromatic N) is 3. The summed E-state index contributed by atoms with van der Waals surface area (Å²) in [6, 6.07) is 15.0. The maximum absolute atomic E-state index is 13.5. The second kappa shape index (κ2) is 7.38. The number of rotatable bonds is 3. The van der Waals surface area contributed by atoms with Gasteiger partial charge in [-0.2, -0.15) is 9.57 Å². The number of amides is 1. The summed E-state index contributed by atoms with van der Waals surface area (Å²) in [6.45, 7) is 1.46. The molecule has 6 nitrogen and oxygen atoms in total. The van der Waals surface area contributed by atoms with Crippen LogP contribution in [0.1, 0.15) is 29.5 Å². The zero-order chi connectivity index (χ0) is 19.7. The van der Waals surface area contributed by atoms with Gasteiger partial charge < -0.3 is 4.90 Å². The molecule has 1 atom stereocenters. The fraction of sp³-hybridized carbons (Fsp3) is 0.333. The minimum Gasteiger partial charge on any atom is -0.341 e. The molecule has 2 aromatic carbocycles. The van der Waals surface area contributed by atoms with Crippen LogP contribution in [-0.2, 0) is 27.8 Å². The summed E-state index contributed by atoms with van der Waals surface area (Å²) in [7, 11) is -4.01. The van der Waals surface area contributed by atoms with Crippen LogP contribution in [0.2, 0.25) is 0 Å². The maximum atomic E-state index is 13.5. The number of hydrogen-bond donors (Lipinski definition) is 0. The summed E-state index contributed by atoms with van der Waals surface area (Å²) in [4.78, 5) is 14.9. The Kier molecular flexibility index (Phi) is 4.92. The van der Waals surface area contributed by atoms with Crippen LogP contribution >= 0.6 is 0 Å². The third kappa shape index (κ3) is 3.19. The van der Waals surface area contributed by atoms with Crippen molar-refractivity contribution in [1.82, 2.24) is 9.21 Å². The molecule has 7 heteroatoms. The third-order valence-corrected chi connectivity index (χ3v) is 7.42. The molecule has 0 bridgehead atoms. The summed E-state index contributed by atoms with van der Waals surface area (Å²) in [5.74, 6) is -0.148. The maximum Gasteiger partial charge on any atom is 0.245 e.